The number of nitrogens with one attached hydrogen (secondary N) is 6. The molecule has 0 spiro atoms. The molecular weight excluding hydrogens is 586 g/mol. The Balaban J connectivity index is 1.81. The second-order valence-electron chi connectivity index (χ2n) is 14.9. The fraction of sp³-hybridized carbons (Fsp3) is 0.824. The molecule has 4 atom stereocenters. The van der Waals surface area contributed by atoms with Crippen LogP contribution in [0.25, 0.3) is 0 Å². The van der Waals surface area contributed by atoms with E-state index < -0.39 is 29.4 Å². The fourth-order valence-electron chi connectivity index (χ4n) is 6.33. The number of Topliss-reactive ketones (excluding diaryl/α,β-unsaturated/α-hetero) is 1. The van der Waals surface area contributed by atoms with Crippen molar-refractivity contribution in [1.82, 2.24) is 31.9 Å². The van der Waals surface area contributed by atoms with Crippen LogP contribution in [0.15, 0.2) is 4.99 Å². The molecule has 260 valence electrons. The molecule has 0 aromatic carbocycles. The van der Waals surface area contributed by atoms with Gasteiger partial charge in [0.05, 0.1) is 5.54 Å². The molecule has 0 aromatic heterocycles. The SMILES string of the molecule is CC[C@@H]1NC(=O)[C@H](CCCNC2=NCC(C)(C)CN2)CC(=O)[C@](C)(NC(=O)C(C)C)CCNC(=O)[C@@H](CC2CCCCC2)NC1=O. The molecule has 1 aliphatic carbocycles. The first-order chi connectivity index (χ1) is 21.7. The second kappa shape index (κ2) is 17.1. The zero-order valence-electron chi connectivity index (χ0n) is 29.0. The average molecular weight is 646 g/mol. The number of hydrogen-bond donors (Lipinski definition) is 6. The highest BCUT2D eigenvalue weighted by Crippen LogP contribution is 2.28. The van der Waals surface area contributed by atoms with E-state index in [0.717, 1.165) is 38.2 Å². The molecule has 0 unspecified atom stereocenters. The molecule has 1 saturated carbocycles. The predicted octanol–water partition coefficient (Wildman–Crippen LogP) is 2.32. The summed E-state index contributed by atoms with van der Waals surface area (Å²) in [4.78, 5) is 72.0. The van der Waals surface area contributed by atoms with Crippen LogP contribution in [-0.4, -0.2) is 79.2 Å². The van der Waals surface area contributed by atoms with Crippen LogP contribution in [0.3, 0.4) is 0 Å². The van der Waals surface area contributed by atoms with Crippen molar-refractivity contribution in [3.63, 3.8) is 0 Å². The maximum absolute atomic E-state index is 14.0. The van der Waals surface area contributed by atoms with E-state index in [9.17, 15) is 24.0 Å². The van der Waals surface area contributed by atoms with Gasteiger partial charge in [0.15, 0.2) is 11.7 Å². The number of carbonyl (C=O) groups excluding carboxylic acids is 5. The van der Waals surface area contributed by atoms with Crippen LogP contribution in [0.2, 0.25) is 0 Å². The average Bonchev–Trinajstić information content (AvgIpc) is 3.01. The predicted molar refractivity (Wildman–Crippen MR) is 179 cm³/mol. The molecule has 12 nitrogen and oxygen atoms in total. The lowest BCUT2D eigenvalue weighted by Crippen LogP contribution is -2.58. The van der Waals surface area contributed by atoms with Crippen LogP contribution in [0, 0.1) is 23.2 Å². The van der Waals surface area contributed by atoms with Gasteiger partial charge in [-0.1, -0.05) is 66.7 Å². The molecule has 0 radical (unpaired) electrons. The molecule has 3 aliphatic rings. The van der Waals surface area contributed by atoms with E-state index in [1.807, 2.05) is 6.92 Å². The van der Waals surface area contributed by atoms with Crippen molar-refractivity contribution in [2.75, 3.05) is 26.2 Å². The van der Waals surface area contributed by atoms with E-state index in [1.54, 1.807) is 20.8 Å². The highest BCUT2D eigenvalue weighted by Gasteiger charge is 2.39. The van der Waals surface area contributed by atoms with Crippen LogP contribution < -0.4 is 31.9 Å². The largest absolute Gasteiger partial charge is 0.356 e. The summed E-state index contributed by atoms with van der Waals surface area (Å²) in [5.41, 5.74) is -1.19. The van der Waals surface area contributed by atoms with Crippen molar-refractivity contribution in [3.8, 4) is 0 Å². The number of guanidine groups is 1. The third-order valence-corrected chi connectivity index (χ3v) is 9.66. The van der Waals surface area contributed by atoms with Gasteiger partial charge in [0.1, 0.15) is 12.1 Å². The molecule has 2 aliphatic heterocycles. The molecule has 2 heterocycles. The van der Waals surface area contributed by atoms with Crippen molar-refractivity contribution < 1.29 is 24.0 Å². The lowest BCUT2D eigenvalue weighted by Gasteiger charge is -2.33. The van der Waals surface area contributed by atoms with Gasteiger partial charge in [-0.3, -0.25) is 29.0 Å². The van der Waals surface area contributed by atoms with Gasteiger partial charge in [0.25, 0.3) is 0 Å². The normalized spacial score (nSPS) is 28.6. The summed E-state index contributed by atoms with van der Waals surface area (Å²) in [5.74, 6) is -1.64. The van der Waals surface area contributed by atoms with Crippen LogP contribution >= 0.6 is 0 Å². The van der Waals surface area contributed by atoms with Crippen LogP contribution in [0.1, 0.15) is 112 Å². The maximum atomic E-state index is 14.0. The molecule has 2 fully saturated rings. The Morgan fingerprint density at radius 1 is 0.957 bits per heavy atom. The standard InChI is InChI=1S/C34H59N7O5/c1-7-25-31(46)40-26(18-23-12-9-8-10-13-23)30(45)35-17-15-34(6,41-28(43)22(2)3)27(42)19-24(29(44)39-25)14-11-16-36-32-37-20-33(4,5)21-38-32/h22-26H,7-21H2,1-6H3,(H,35,45)(H,39,44)(H,40,46)(H,41,43)(H2,36,37,38)/t24-,25+,26-,34-/m1/s1. The summed E-state index contributed by atoms with van der Waals surface area (Å²) in [6.45, 7) is 13.5. The van der Waals surface area contributed by atoms with Crippen molar-refractivity contribution in [2.45, 2.75) is 130 Å². The Hall–Kier alpha value is -3.18. The van der Waals surface area contributed by atoms with Crippen LogP contribution in [0.4, 0.5) is 0 Å². The monoisotopic (exact) mass is 645 g/mol. The first kappa shape index (κ1) is 37.3. The number of amides is 4. The molecule has 6 N–H and O–H groups in total. The molecule has 3 rings (SSSR count). The summed E-state index contributed by atoms with van der Waals surface area (Å²) in [5, 5.41) is 18.3. The number of ketones is 1. The Morgan fingerprint density at radius 3 is 2.28 bits per heavy atom. The van der Waals surface area contributed by atoms with Crippen molar-refractivity contribution in [1.29, 1.82) is 0 Å². The van der Waals surface area contributed by atoms with Gasteiger partial charge in [-0.2, -0.15) is 0 Å². The van der Waals surface area contributed by atoms with E-state index in [1.165, 1.54) is 6.42 Å². The highest BCUT2D eigenvalue weighted by atomic mass is 16.2. The molecule has 4 amide bonds. The van der Waals surface area contributed by atoms with Gasteiger partial charge in [-0.25, -0.2) is 0 Å². The van der Waals surface area contributed by atoms with Crippen molar-refractivity contribution in [2.24, 2.45) is 28.2 Å². The summed E-state index contributed by atoms with van der Waals surface area (Å²) < 4.78 is 0. The Morgan fingerprint density at radius 2 is 1.65 bits per heavy atom. The van der Waals surface area contributed by atoms with Crippen LogP contribution in [-0.2, 0) is 24.0 Å². The third-order valence-electron chi connectivity index (χ3n) is 9.66. The highest BCUT2D eigenvalue weighted by molar-refractivity contribution is 5.97. The molecule has 46 heavy (non-hydrogen) atoms. The zero-order valence-corrected chi connectivity index (χ0v) is 29.0. The van der Waals surface area contributed by atoms with Gasteiger partial charge >= 0.3 is 0 Å². The van der Waals surface area contributed by atoms with Gasteiger partial charge in [0, 0.05) is 49.9 Å². The molecule has 0 bridgehead atoms. The minimum Gasteiger partial charge on any atom is -0.356 e. The molecular formula is C34H59N7O5. The Kier molecular flexibility index (Phi) is 13.9. The van der Waals surface area contributed by atoms with Gasteiger partial charge < -0.3 is 31.9 Å². The summed E-state index contributed by atoms with van der Waals surface area (Å²) in [6, 6.07) is -1.59. The smallest absolute Gasteiger partial charge is 0.243 e. The Labute approximate surface area is 275 Å². The van der Waals surface area contributed by atoms with E-state index in [2.05, 4.69) is 50.7 Å². The van der Waals surface area contributed by atoms with Crippen molar-refractivity contribution in [3.05, 3.63) is 0 Å². The maximum Gasteiger partial charge on any atom is 0.243 e. The van der Waals surface area contributed by atoms with E-state index in [0.29, 0.717) is 44.7 Å². The van der Waals surface area contributed by atoms with E-state index >= 15 is 0 Å². The van der Waals surface area contributed by atoms with E-state index in [4.69, 9.17) is 0 Å². The minimum atomic E-state index is -1.28. The third kappa shape index (κ3) is 11.3. The first-order valence-electron chi connectivity index (χ1n) is 17.5. The second-order valence-corrected chi connectivity index (χ2v) is 14.9. The summed E-state index contributed by atoms with van der Waals surface area (Å²) >= 11 is 0. The van der Waals surface area contributed by atoms with Crippen LogP contribution in [0.5, 0.6) is 0 Å². The number of hydrogen-bond acceptors (Lipinski definition) is 8. The zero-order chi connectivity index (χ0) is 33.9. The lowest BCUT2D eigenvalue weighted by molar-refractivity contribution is -0.137. The Bertz CT molecular complexity index is 1120. The molecule has 12 heteroatoms. The number of carbonyl (C=O) groups is 5. The summed E-state index contributed by atoms with van der Waals surface area (Å²) in [7, 11) is 0. The van der Waals surface area contributed by atoms with E-state index in [-0.39, 0.29) is 54.2 Å². The van der Waals surface area contributed by atoms with Gasteiger partial charge in [-0.15, -0.1) is 0 Å². The van der Waals surface area contributed by atoms with Gasteiger partial charge in [-0.05, 0) is 44.9 Å². The molecule has 0 aromatic rings. The number of rotatable bonds is 9. The number of aliphatic imine (C=N–C) groups is 1. The lowest BCUT2D eigenvalue weighted by atomic mass is 9.83. The summed E-state index contributed by atoms with van der Waals surface area (Å²) in [6.07, 6.45) is 7.32. The fourth-order valence-corrected chi connectivity index (χ4v) is 6.33. The minimum absolute atomic E-state index is 0.0909. The topological polar surface area (TPSA) is 170 Å². The van der Waals surface area contributed by atoms with Gasteiger partial charge in [0.2, 0.25) is 23.6 Å². The number of nitrogens with zero attached hydrogens (tertiary/aromatic N) is 1. The van der Waals surface area contributed by atoms with Crippen molar-refractivity contribution >= 4 is 35.4 Å². The quantitative estimate of drug-likeness (QED) is 0.209. The first-order valence-corrected chi connectivity index (χ1v) is 17.5. The molecule has 1 saturated heterocycles.